The Balaban J connectivity index is 2.13. The van der Waals surface area contributed by atoms with Crippen molar-refractivity contribution in [3.63, 3.8) is 0 Å². The Bertz CT molecular complexity index is 617. The molecule has 1 amide bonds. The van der Waals surface area contributed by atoms with Crippen LogP contribution in [-0.2, 0) is 16.1 Å². The van der Waals surface area contributed by atoms with Crippen molar-refractivity contribution in [2.24, 2.45) is 10.8 Å². The molecule has 3 heterocycles. The van der Waals surface area contributed by atoms with E-state index >= 15 is 0 Å². The van der Waals surface area contributed by atoms with E-state index in [-0.39, 0.29) is 17.2 Å². The first-order chi connectivity index (χ1) is 9.52. The van der Waals surface area contributed by atoms with Gasteiger partial charge in [-0.05, 0) is 25.5 Å². The number of methoxy groups -OCH3 is 1. The van der Waals surface area contributed by atoms with Crippen LogP contribution in [0.4, 0.5) is 0 Å². The largest absolute Gasteiger partial charge is 0.380 e. The minimum atomic E-state index is -0.316. The molecule has 20 heavy (non-hydrogen) atoms. The Morgan fingerprint density at radius 1 is 1.50 bits per heavy atom. The summed E-state index contributed by atoms with van der Waals surface area (Å²) in [4.78, 5) is 21.4. The molecule has 0 aliphatic carbocycles. The zero-order valence-electron chi connectivity index (χ0n) is 11.6. The van der Waals surface area contributed by atoms with Gasteiger partial charge in [0.15, 0.2) is 0 Å². The van der Waals surface area contributed by atoms with Gasteiger partial charge in [-0.1, -0.05) is 11.8 Å². The SMILES string of the molecule is COCc1cc(C)nc2c1[C@H]1N=C(C)N(N)C(=O)[C@H]1S2. The van der Waals surface area contributed by atoms with E-state index in [2.05, 4.69) is 9.98 Å². The van der Waals surface area contributed by atoms with E-state index in [9.17, 15) is 4.79 Å². The second-order valence-corrected chi connectivity index (χ2v) is 6.07. The van der Waals surface area contributed by atoms with Crippen molar-refractivity contribution in [3.8, 4) is 0 Å². The van der Waals surface area contributed by atoms with Crippen molar-refractivity contribution < 1.29 is 9.53 Å². The van der Waals surface area contributed by atoms with Gasteiger partial charge in [0.2, 0.25) is 0 Å². The van der Waals surface area contributed by atoms with Crippen LogP contribution in [0.5, 0.6) is 0 Å². The number of ether oxygens (including phenoxy) is 1. The quantitative estimate of drug-likeness (QED) is 0.654. The summed E-state index contributed by atoms with van der Waals surface area (Å²) in [5.74, 6) is 6.15. The maximum atomic E-state index is 12.3. The second-order valence-electron chi connectivity index (χ2n) is 4.94. The molecule has 2 N–H and O–H groups in total. The molecule has 0 aromatic carbocycles. The zero-order chi connectivity index (χ0) is 14.4. The van der Waals surface area contributed by atoms with Crippen LogP contribution in [-0.4, -0.2) is 34.1 Å². The third-order valence-electron chi connectivity index (χ3n) is 3.51. The molecule has 0 saturated heterocycles. The fraction of sp³-hybridized carbons (Fsp3) is 0.462. The molecule has 106 valence electrons. The lowest BCUT2D eigenvalue weighted by Crippen LogP contribution is -2.50. The number of amidine groups is 1. The minimum absolute atomic E-state index is 0.119. The van der Waals surface area contributed by atoms with Crippen molar-refractivity contribution in [1.29, 1.82) is 0 Å². The van der Waals surface area contributed by atoms with E-state index in [1.807, 2.05) is 13.0 Å². The highest BCUT2D eigenvalue weighted by Gasteiger charge is 2.45. The molecule has 0 unspecified atom stereocenters. The van der Waals surface area contributed by atoms with Crippen molar-refractivity contribution in [1.82, 2.24) is 9.99 Å². The van der Waals surface area contributed by atoms with Gasteiger partial charge in [0, 0.05) is 18.4 Å². The summed E-state index contributed by atoms with van der Waals surface area (Å²) in [7, 11) is 1.66. The number of amides is 1. The van der Waals surface area contributed by atoms with E-state index in [1.54, 1.807) is 14.0 Å². The lowest BCUT2D eigenvalue weighted by molar-refractivity contribution is -0.128. The number of nitrogens with zero attached hydrogens (tertiary/aromatic N) is 3. The van der Waals surface area contributed by atoms with Gasteiger partial charge in [-0.25, -0.2) is 15.8 Å². The topological polar surface area (TPSA) is 80.8 Å². The molecule has 0 radical (unpaired) electrons. The highest BCUT2D eigenvalue weighted by Crippen LogP contribution is 2.48. The number of aryl methyl sites for hydroxylation is 1. The lowest BCUT2D eigenvalue weighted by Gasteiger charge is -2.28. The molecular formula is C13H16N4O2S. The summed E-state index contributed by atoms with van der Waals surface area (Å²) < 4.78 is 5.26. The van der Waals surface area contributed by atoms with E-state index < -0.39 is 0 Å². The van der Waals surface area contributed by atoms with Gasteiger partial charge < -0.3 is 4.74 Å². The number of fused-ring (bicyclic) bond motifs is 3. The van der Waals surface area contributed by atoms with Gasteiger partial charge in [0.05, 0.1) is 6.61 Å². The molecular weight excluding hydrogens is 276 g/mol. The molecule has 2 atom stereocenters. The normalized spacial score (nSPS) is 24.5. The van der Waals surface area contributed by atoms with Gasteiger partial charge in [-0.3, -0.25) is 9.79 Å². The number of hydrazine groups is 1. The summed E-state index contributed by atoms with van der Waals surface area (Å²) >= 11 is 1.44. The Morgan fingerprint density at radius 3 is 2.95 bits per heavy atom. The Hall–Kier alpha value is -1.44. The summed E-state index contributed by atoms with van der Waals surface area (Å²) in [6.07, 6.45) is 0. The van der Waals surface area contributed by atoms with Crippen molar-refractivity contribution in [2.75, 3.05) is 7.11 Å². The van der Waals surface area contributed by atoms with Crippen molar-refractivity contribution in [2.45, 2.75) is 36.8 Å². The van der Waals surface area contributed by atoms with E-state index in [1.165, 1.54) is 11.8 Å². The van der Waals surface area contributed by atoms with Crippen LogP contribution >= 0.6 is 11.8 Å². The molecule has 0 fully saturated rings. The first-order valence-corrected chi connectivity index (χ1v) is 7.20. The van der Waals surface area contributed by atoms with E-state index in [0.717, 1.165) is 26.9 Å². The fourth-order valence-electron chi connectivity index (χ4n) is 2.61. The predicted molar refractivity (Wildman–Crippen MR) is 76.2 cm³/mol. The van der Waals surface area contributed by atoms with Crippen molar-refractivity contribution in [3.05, 3.63) is 22.9 Å². The maximum absolute atomic E-state index is 12.3. The van der Waals surface area contributed by atoms with Gasteiger partial charge in [0.1, 0.15) is 22.2 Å². The Kier molecular flexibility index (Phi) is 3.27. The summed E-state index contributed by atoms with van der Waals surface area (Å²) in [6, 6.07) is 1.79. The molecule has 6 nitrogen and oxygen atoms in total. The number of hydrogen-bond acceptors (Lipinski definition) is 6. The molecule has 2 aliphatic rings. The smallest absolute Gasteiger partial charge is 0.258 e. The number of carbonyl (C=O) groups excluding carboxylic acids is 1. The zero-order valence-corrected chi connectivity index (χ0v) is 12.4. The van der Waals surface area contributed by atoms with Gasteiger partial charge >= 0.3 is 0 Å². The van der Waals surface area contributed by atoms with Crippen molar-refractivity contribution >= 4 is 23.5 Å². The standard InChI is InChI=1S/C13H16N4O2S/c1-6-4-8(5-19-3)9-10-11(20-12(9)15-6)13(18)17(14)7(2)16-10/h4,10-11H,5,14H2,1-3H3/t10-,11+/m1/s1. The number of nitrogens with two attached hydrogens (primary N) is 1. The third kappa shape index (κ3) is 1.93. The number of pyridine rings is 1. The molecule has 0 saturated carbocycles. The van der Waals surface area contributed by atoms with Crippen LogP contribution in [0.1, 0.15) is 29.8 Å². The molecule has 2 aliphatic heterocycles. The minimum Gasteiger partial charge on any atom is -0.380 e. The highest BCUT2D eigenvalue weighted by molar-refractivity contribution is 8.01. The number of aliphatic imine (C=N–C) groups is 1. The number of hydrogen-bond donors (Lipinski definition) is 1. The Morgan fingerprint density at radius 2 is 2.25 bits per heavy atom. The summed E-state index contributed by atoms with van der Waals surface area (Å²) in [5.41, 5.74) is 2.97. The maximum Gasteiger partial charge on any atom is 0.258 e. The molecule has 1 aromatic rings. The van der Waals surface area contributed by atoms with Crippen LogP contribution in [0.25, 0.3) is 0 Å². The molecule has 0 spiro atoms. The van der Waals surface area contributed by atoms with E-state index in [4.69, 9.17) is 10.6 Å². The number of carbonyl (C=O) groups is 1. The molecule has 0 bridgehead atoms. The number of thioether (sulfide) groups is 1. The first kappa shape index (κ1) is 13.5. The number of rotatable bonds is 2. The molecule has 1 aromatic heterocycles. The van der Waals surface area contributed by atoms with Crippen LogP contribution in [0.15, 0.2) is 16.1 Å². The number of aromatic nitrogens is 1. The van der Waals surface area contributed by atoms with Crippen LogP contribution in [0.3, 0.4) is 0 Å². The second kappa shape index (κ2) is 4.83. The monoisotopic (exact) mass is 292 g/mol. The highest BCUT2D eigenvalue weighted by atomic mass is 32.2. The fourth-order valence-corrected chi connectivity index (χ4v) is 3.97. The predicted octanol–water partition coefficient (Wildman–Crippen LogP) is 1.19. The van der Waals surface area contributed by atoms with Crippen LogP contribution in [0.2, 0.25) is 0 Å². The van der Waals surface area contributed by atoms with Crippen LogP contribution in [0, 0.1) is 6.92 Å². The van der Waals surface area contributed by atoms with Gasteiger partial charge in [-0.15, -0.1) is 0 Å². The first-order valence-electron chi connectivity index (χ1n) is 6.32. The van der Waals surface area contributed by atoms with Gasteiger partial charge in [-0.2, -0.15) is 0 Å². The van der Waals surface area contributed by atoms with Crippen LogP contribution < -0.4 is 5.84 Å². The lowest BCUT2D eigenvalue weighted by atomic mass is 9.98. The molecule has 3 rings (SSSR count). The summed E-state index contributed by atoms with van der Waals surface area (Å²) in [6.45, 7) is 4.17. The average molecular weight is 292 g/mol. The summed E-state index contributed by atoms with van der Waals surface area (Å²) in [5, 5.41) is 1.68. The third-order valence-corrected chi connectivity index (χ3v) is 4.76. The average Bonchev–Trinajstić information content (AvgIpc) is 2.75. The van der Waals surface area contributed by atoms with E-state index in [0.29, 0.717) is 12.4 Å². The van der Waals surface area contributed by atoms with Gasteiger partial charge in [0.25, 0.3) is 5.91 Å². The Labute approximate surface area is 121 Å². The molecule has 7 heteroatoms.